The molecule has 0 amide bonds. The summed E-state index contributed by atoms with van der Waals surface area (Å²) in [5, 5.41) is 17.8. The number of carbonyl (C=O) groups excluding carboxylic acids is 3. The second-order valence-electron chi connectivity index (χ2n) is 26.4. The van der Waals surface area contributed by atoms with Gasteiger partial charge in [0, 0.05) is 30.2 Å². The average molecular weight is 1810 g/mol. The standard InChI is InChI=1S/C23H23FN2O3.C20H18BrFN2O3.2C18H15P.C9H17BO2.CH2O3.2ClH.2Na.Pd.H/c1-15(2)16-8-13-19-20(14-16)25-21(6-4-5-7-22(27)29-3)26(23(19)28)18-11-9-17(24)10-12-18;1-27-19(25)5-3-2-4-18-23-17-12-13(21)6-11-16(17)20(26)24(18)15-9-7-14(22)8-10-15;2*1-4-10-16(11-5-1)19(17-12-6-2-7-13-17)18-14-8-3-9-15-18;1-7(2)10-11-8(3,4)9(5,6)12-10;2-1-4-3;;;;;;/h8-14H,1,4-7H2,2-3H3;6-12H,2-5H2,1H3;2*1-15H;1H2,2-6H3;1,3H;2*1H;;;;/q;;;;;;;;2*+1;+2;-1/p-3. The predicted octanol–water partition coefficient (Wildman–Crippen LogP) is 11.6. The Morgan fingerprint density at radius 3 is 1.10 bits per heavy atom. The number of rotatable bonds is 21. The Hall–Kier alpha value is -7.24. The van der Waals surface area contributed by atoms with E-state index < -0.39 is 15.8 Å². The molecule has 115 heavy (non-hydrogen) atoms. The van der Waals surface area contributed by atoms with Crippen LogP contribution in [0.4, 0.5) is 8.78 Å². The normalized spacial score (nSPS) is 11.9. The molecule has 592 valence electrons. The molecule has 2 aromatic heterocycles. The third-order valence-electron chi connectivity index (χ3n) is 17.8. The van der Waals surface area contributed by atoms with Gasteiger partial charge >= 0.3 is 113 Å². The fraction of sp³-hybridized carbons (Fsp3) is 0.202. The molecule has 1 aliphatic heterocycles. The van der Waals surface area contributed by atoms with Crippen LogP contribution in [0.2, 0.25) is 0 Å². The van der Waals surface area contributed by atoms with Crippen molar-refractivity contribution in [3.05, 3.63) is 340 Å². The number of hydrogen-bond donors (Lipinski definition) is 0. The van der Waals surface area contributed by atoms with Crippen molar-refractivity contribution in [2.75, 3.05) is 14.2 Å². The van der Waals surface area contributed by atoms with Crippen LogP contribution in [-0.2, 0) is 66.8 Å². The largest absolute Gasteiger partial charge is 1.00 e. The van der Waals surface area contributed by atoms with E-state index in [2.05, 4.69) is 230 Å². The first-order valence-corrected chi connectivity index (χ1v) is 43.4. The van der Waals surface area contributed by atoms with E-state index in [4.69, 9.17) is 43.4 Å². The third-order valence-corrected chi connectivity index (χ3v) is 23.2. The number of benzene rings is 10. The van der Waals surface area contributed by atoms with Gasteiger partial charge in [0.2, 0.25) is 0 Å². The number of hydrogen-bond acceptors (Lipinski definition) is 13. The number of allylic oxidation sites excluding steroid dienone is 2. The molecular formula is C89H90BBrCl2F2N4Na2O11P2Pd. The minimum absolute atomic E-state index is 0. The van der Waals surface area contributed by atoms with E-state index in [1.165, 1.54) is 79.4 Å². The SMILES string of the molecule is C=C(C)B1OC(C)(C)C(C)(C)O1.C=C(C)c1ccc2c(=O)n(-c3ccc(F)cc3)c(CCCCC(=O)OC)nc2c1.COC(=O)CCCCc1nc2cc(Br)ccc2c(=O)n1-c1ccc(F)cc1.O=CO[O-].[Cl][Pd][Cl].[H-].[Na+].[Na+].c1ccc(P(c2ccccc2)c2ccccc2)cc1.c1ccc(P(c2ccccc2)c2ccccc2)cc1. The van der Waals surface area contributed by atoms with E-state index in [0.717, 1.165) is 21.1 Å². The van der Waals surface area contributed by atoms with Crippen LogP contribution in [-0.4, -0.2) is 70.1 Å². The van der Waals surface area contributed by atoms with Gasteiger partial charge in [-0.15, -0.1) is 6.58 Å². The van der Waals surface area contributed by atoms with Gasteiger partial charge in [-0.1, -0.05) is 222 Å². The second kappa shape index (κ2) is 51.2. The summed E-state index contributed by atoms with van der Waals surface area (Å²) >= 11 is 3.29. The van der Waals surface area contributed by atoms with Crippen molar-refractivity contribution in [1.82, 2.24) is 19.1 Å². The Kier molecular flexibility index (Phi) is 43.8. The van der Waals surface area contributed by atoms with Crippen LogP contribution in [0.5, 0.6) is 0 Å². The van der Waals surface area contributed by atoms with Crippen LogP contribution < -0.4 is 107 Å². The third kappa shape index (κ3) is 30.3. The van der Waals surface area contributed by atoms with E-state index in [9.17, 15) is 28.0 Å². The number of esters is 2. The topological polar surface area (TPSA) is 190 Å². The number of methoxy groups -OCH3 is 2. The number of carbonyl (C=O) groups is 3. The number of aromatic nitrogens is 4. The number of aryl methyl sites for hydroxylation is 2. The van der Waals surface area contributed by atoms with Crippen molar-refractivity contribution in [2.24, 2.45) is 0 Å². The maximum atomic E-state index is 13.4. The van der Waals surface area contributed by atoms with Crippen molar-refractivity contribution >= 4 is 136 Å². The summed E-state index contributed by atoms with van der Waals surface area (Å²) in [6, 6.07) is 86.9. The molecule has 0 N–H and O–H groups in total. The smallest absolute Gasteiger partial charge is 1.00 e. The van der Waals surface area contributed by atoms with Crippen LogP contribution in [0, 0.1) is 11.6 Å². The van der Waals surface area contributed by atoms with Gasteiger partial charge in [0.15, 0.2) is 0 Å². The summed E-state index contributed by atoms with van der Waals surface area (Å²) in [4.78, 5) is 69.6. The van der Waals surface area contributed by atoms with Crippen LogP contribution in [0.1, 0.15) is 98.7 Å². The second-order valence-corrected chi connectivity index (χ2v) is 34.1. The first-order chi connectivity index (χ1) is 54.4. The molecule has 0 unspecified atom stereocenters. The van der Waals surface area contributed by atoms with Gasteiger partial charge in [-0.3, -0.25) is 33.1 Å². The van der Waals surface area contributed by atoms with Crippen LogP contribution in [0.25, 0.3) is 38.8 Å². The fourth-order valence-electron chi connectivity index (χ4n) is 11.5. The molecule has 1 aliphatic rings. The molecule has 10 aromatic carbocycles. The molecule has 15 nitrogen and oxygen atoms in total. The molecule has 3 heterocycles. The van der Waals surface area contributed by atoms with Crippen molar-refractivity contribution in [2.45, 2.75) is 104 Å². The van der Waals surface area contributed by atoms with Gasteiger partial charge in [0.05, 0.1) is 58.6 Å². The quantitative estimate of drug-likeness (QED) is 0.0126. The predicted molar refractivity (Wildman–Crippen MR) is 457 cm³/mol. The van der Waals surface area contributed by atoms with Gasteiger partial charge < -0.3 is 30.4 Å². The number of ether oxygens (including phenoxy) is 2. The summed E-state index contributed by atoms with van der Waals surface area (Å²) in [6.07, 6.45) is 4.21. The van der Waals surface area contributed by atoms with E-state index in [1.54, 1.807) is 48.5 Å². The summed E-state index contributed by atoms with van der Waals surface area (Å²) in [7, 11) is 11.2. The van der Waals surface area contributed by atoms with Gasteiger partial charge in [0.25, 0.3) is 17.6 Å². The Morgan fingerprint density at radius 1 is 0.530 bits per heavy atom. The number of fused-ring (bicyclic) bond motifs is 2. The zero-order valence-corrected chi connectivity index (χ0v) is 76.5. The fourth-order valence-corrected chi connectivity index (χ4v) is 16.4. The molecule has 13 rings (SSSR count). The number of nitrogens with zero attached hydrogens (tertiary/aromatic N) is 4. The van der Waals surface area contributed by atoms with Gasteiger partial charge in [0.1, 0.15) is 23.3 Å². The van der Waals surface area contributed by atoms with Gasteiger partial charge in [-0.2, -0.15) is 0 Å². The Morgan fingerprint density at radius 2 is 0.826 bits per heavy atom. The number of halogens is 5. The zero-order valence-electron chi connectivity index (χ0n) is 67.0. The van der Waals surface area contributed by atoms with E-state index in [1.807, 2.05) is 53.7 Å². The molecule has 12 aromatic rings. The molecule has 0 spiro atoms. The van der Waals surface area contributed by atoms with Crippen LogP contribution in [0.3, 0.4) is 0 Å². The molecule has 26 heteroatoms. The first kappa shape index (κ1) is 98.3. The Labute approximate surface area is 745 Å². The molecule has 0 radical (unpaired) electrons. The molecule has 1 fully saturated rings. The number of unbranched alkanes of at least 4 members (excludes halogenated alkanes) is 2. The maximum Gasteiger partial charge on any atom is 1.00 e. The Bertz CT molecular complexity index is 4840. The maximum absolute atomic E-state index is 13.4. The summed E-state index contributed by atoms with van der Waals surface area (Å²) in [5.41, 5.74) is 4.13. The van der Waals surface area contributed by atoms with Gasteiger partial charge in [-0.25, -0.2) is 18.7 Å². The van der Waals surface area contributed by atoms with Crippen molar-refractivity contribution < 1.29 is 129 Å². The zero-order chi connectivity index (χ0) is 81.9. The first-order valence-electron chi connectivity index (χ1n) is 35.9. The summed E-state index contributed by atoms with van der Waals surface area (Å²) in [6.45, 7) is 19.5. The average Bonchev–Trinajstić information content (AvgIpc) is 0.942. The summed E-state index contributed by atoms with van der Waals surface area (Å²) in [5.74, 6) is -0.134. The van der Waals surface area contributed by atoms with Crippen molar-refractivity contribution in [3.8, 4) is 11.4 Å². The van der Waals surface area contributed by atoms with E-state index in [0.29, 0.717) is 96.2 Å². The molecule has 1 saturated heterocycles. The monoisotopic (exact) mass is 1800 g/mol. The molecular weight excluding hydrogens is 1710 g/mol. The molecule has 0 saturated carbocycles. The van der Waals surface area contributed by atoms with E-state index >= 15 is 0 Å². The Balaban J connectivity index is 0.000000303. The van der Waals surface area contributed by atoms with E-state index in [-0.39, 0.29) is 136 Å². The van der Waals surface area contributed by atoms with Crippen LogP contribution >= 0.6 is 50.8 Å². The van der Waals surface area contributed by atoms with Crippen LogP contribution in [0.15, 0.2) is 300 Å². The summed E-state index contributed by atoms with van der Waals surface area (Å²) < 4.78 is 51.3. The van der Waals surface area contributed by atoms with Gasteiger partial charge in [-0.05, 0) is 199 Å². The minimum atomic E-state index is -0.446. The van der Waals surface area contributed by atoms with Crippen molar-refractivity contribution in [3.63, 3.8) is 0 Å². The molecule has 0 aliphatic carbocycles. The van der Waals surface area contributed by atoms with Crippen molar-refractivity contribution in [1.29, 1.82) is 0 Å². The molecule has 0 atom stereocenters. The minimum Gasteiger partial charge on any atom is -1.00 e. The molecule has 0 bridgehead atoms.